The maximum Gasteiger partial charge on any atom is 0.0369 e. The van der Waals surface area contributed by atoms with Gasteiger partial charge in [-0.1, -0.05) is 35.7 Å². The van der Waals surface area contributed by atoms with E-state index in [4.69, 9.17) is 0 Å². The molecule has 0 amide bonds. The summed E-state index contributed by atoms with van der Waals surface area (Å²) in [4.78, 5) is 4.57. The second kappa shape index (κ2) is 4.88. The minimum atomic E-state index is 0. The van der Waals surface area contributed by atoms with Gasteiger partial charge in [0.1, 0.15) is 0 Å². The molecule has 95 valence electrons. The molecule has 1 radical (unpaired) electrons. The van der Waals surface area contributed by atoms with Gasteiger partial charge in [-0.2, -0.15) is 0 Å². The summed E-state index contributed by atoms with van der Waals surface area (Å²) in [5.74, 6) is 0. The van der Waals surface area contributed by atoms with Gasteiger partial charge < -0.3 is 0 Å². The van der Waals surface area contributed by atoms with Crippen LogP contribution < -0.4 is 0 Å². The van der Waals surface area contributed by atoms with Crippen molar-refractivity contribution in [3.05, 3.63) is 65.9 Å². The van der Waals surface area contributed by atoms with Crippen LogP contribution >= 0.6 is 0 Å². The van der Waals surface area contributed by atoms with E-state index >= 15 is 0 Å². The number of nitrogens with zero attached hydrogens (tertiary/aromatic N) is 1. The molecule has 0 saturated carbocycles. The Balaban J connectivity index is 0.00000110. The maximum atomic E-state index is 4.57. The molecule has 0 aliphatic heterocycles. The van der Waals surface area contributed by atoms with Crippen LogP contribution in [0.15, 0.2) is 48.7 Å². The molecular weight excluding hydrogens is 410 g/mol. The zero-order chi connectivity index (χ0) is 11.9. The SMILES string of the molecule is [Ir].[c-]1cccc2c1-c1c(ccc3cccnc13)CC2. The molecule has 4 rings (SSSR count). The molecule has 1 aliphatic rings. The Hall–Kier alpha value is -1.50. The average Bonchev–Trinajstić information content (AvgIpc) is 2.46. The van der Waals surface area contributed by atoms with Crippen molar-refractivity contribution in [2.24, 2.45) is 0 Å². The summed E-state index contributed by atoms with van der Waals surface area (Å²) < 4.78 is 0. The predicted molar refractivity (Wildman–Crippen MR) is 73.4 cm³/mol. The maximum absolute atomic E-state index is 4.57. The van der Waals surface area contributed by atoms with E-state index in [0.29, 0.717) is 0 Å². The summed E-state index contributed by atoms with van der Waals surface area (Å²) in [6.07, 6.45) is 4.09. The molecule has 1 aliphatic carbocycles. The summed E-state index contributed by atoms with van der Waals surface area (Å²) in [6, 6.07) is 18.2. The number of rotatable bonds is 0. The second-order valence-corrected chi connectivity index (χ2v) is 4.75. The molecule has 0 bridgehead atoms. The van der Waals surface area contributed by atoms with Crippen LogP contribution in [0.25, 0.3) is 22.0 Å². The first-order valence-corrected chi connectivity index (χ1v) is 6.30. The Morgan fingerprint density at radius 1 is 0.947 bits per heavy atom. The number of aryl methyl sites for hydroxylation is 2. The molecule has 0 atom stereocenters. The van der Waals surface area contributed by atoms with Crippen LogP contribution in [0.4, 0.5) is 0 Å². The fraction of sp³-hybridized carbons (Fsp3) is 0.118. The van der Waals surface area contributed by atoms with E-state index < -0.39 is 0 Å². The van der Waals surface area contributed by atoms with Gasteiger partial charge in [-0.05, 0) is 17.9 Å². The Labute approximate surface area is 126 Å². The fourth-order valence-electron chi connectivity index (χ4n) is 2.86. The third-order valence-corrected chi connectivity index (χ3v) is 3.72. The Kier molecular flexibility index (Phi) is 3.22. The molecule has 0 fully saturated rings. The molecule has 0 N–H and O–H groups in total. The summed E-state index contributed by atoms with van der Waals surface area (Å²) in [5, 5.41) is 1.21. The first-order chi connectivity index (χ1) is 8.93. The van der Waals surface area contributed by atoms with E-state index in [0.717, 1.165) is 18.4 Å². The van der Waals surface area contributed by atoms with Gasteiger partial charge in [-0.3, -0.25) is 4.98 Å². The van der Waals surface area contributed by atoms with Crippen molar-refractivity contribution < 1.29 is 20.1 Å². The molecule has 19 heavy (non-hydrogen) atoms. The van der Waals surface area contributed by atoms with Gasteiger partial charge in [0.25, 0.3) is 0 Å². The van der Waals surface area contributed by atoms with Gasteiger partial charge >= 0.3 is 0 Å². The molecule has 0 unspecified atom stereocenters. The van der Waals surface area contributed by atoms with E-state index in [1.54, 1.807) is 0 Å². The number of hydrogen-bond acceptors (Lipinski definition) is 1. The number of pyridine rings is 1. The van der Waals surface area contributed by atoms with Crippen molar-refractivity contribution in [3.8, 4) is 11.1 Å². The van der Waals surface area contributed by atoms with Gasteiger partial charge in [0, 0.05) is 31.8 Å². The number of hydrogen-bond donors (Lipinski definition) is 0. The minimum absolute atomic E-state index is 0. The standard InChI is InChI=1S/C17H12N.Ir/c1-2-6-15-12(4-1)7-8-13-9-10-14-5-3-11-18-17(14)16(13)15;/h1-5,9-11H,7-8H2;/q-1;. The van der Waals surface area contributed by atoms with E-state index in [-0.39, 0.29) is 20.1 Å². The molecule has 0 saturated heterocycles. The van der Waals surface area contributed by atoms with E-state index in [1.807, 2.05) is 18.3 Å². The van der Waals surface area contributed by atoms with Gasteiger partial charge in [0.05, 0.1) is 0 Å². The molecule has 0 spiro atoms. The first kappa shape index (κ1) is 12.5. The van der Waals surface area contributed by atoms with Crippen molar-refractivity contribution in [1.29, 1.82) is 0 Å². The minimum Gasteiger partial charge on any atom is -0.266 e. The molecule has 1 aromatic heterocycles. The Morgan fingerprint density at radius 2 is 1.84 bits per heavy atom. The summed E-state index contributed by atoms with van der Waals surface area (Å²) in [6.45, 7) is 0. The molecule has 3 aromatic rings. The van der Waals surface area contributed by atoms with Crippen molar-refractivity contribution in [3.63, 3.8) is 0 Å². The summed E-state index contributed by atoms with van der Waals surface area (Å²) in [7, 11) is 0. The van der Waals surface area contributed by atoms with Gasteiger partial charge in [-0.15, -0.1) is 35.4 Å². The predicted octanol–water partition coefficient (Wildman–Crippen LogP) is 3.80. The average molecular weight is 423 g/mol. The smallest absolute Gasteiger partial charge is 0.0369 e. The molecule has 1 nitrogen and oxygen atoms in total. The zero-order valence-corrected chi connectivity index (χ0v) is 12.7. The normalized spacial score (nSPS) is 12.4. The molecule has 2 heteroatoms. The fourth-order valence-corrected chi connectivity index (χ4v) is 2.86. The summed E-state index contributed by atoms with van der Waals surface area (Å²) in [5.41, 5.74) is 6.43. The Morgan fingerprint density at radius 3 is 2.79 bits per heavy atom. The van der Waals surface area contributed by atoms with Crippen LogP contribution in [-0.4, -0.2) is 4.98 Å². The molecule has 1 heterocycles. The van der Waals surface area contributed by atoms with Crippen LogP contribution in [0, 0.1) is 6.07 Å². The Bertz CT molecular complexity index is 749. The van der Waals surface area contributed by atoms with Crippen LogP contribution in [0.1, 0.15) is 11.1 Å². The van der Waals surface area contributed by atoms with Gasteiger partial charge in [-0.25, -0.2) is 0 Å². The van der Waals surface area contributed by atoms with Crippen LogP contribution in [0.3, 0.4) is 0 Å². The number of benzene rings is 2. The van der Waals surface area contributed by atoms with E-state index in [1.165, 1.54) is 27.6 Å². The van der Waals surface area contributed by atoms with Crippen LogP contribution in [-0.2, 0) is 32.9 Å². The van der Waals surface area contributed by atoms with Crippen molar-refractivity contribution in [2.75, 3.05) is 0 Å². The van der Waals surface area contributed by atoms with E-state index in [2.05, 4.69) is 41.4 Å². The summed E-state index contributed by atoms with van der Waals surface area (Å²) >= 11 is 0. The van der Waals surface area contributed by atoms with Crippen molar-refractivity contribution >= 4 is 10.9 Å². The van der Waals surface area contributed by atoms with Crippen molar-refractivity contribution in [2.45, 2.75) is 12.8 Å². The second-order valence-electron chi connectivity index (χ2n) is 4.75. The van der Waals surface area contributed by atoms with Gasteiger partial charge in [0.2, 0.25) is 0 Å². The zero-order valence-electron chi connectivity index (χ0n) is 10.3. The number of fused-ring (bicyclic) bond motifs is 5. The molecule has 2 aromatic carbocycles. The molecular formula is C17H12IrN-. The third kappa shape index (κ3) is 1.92. The number of aromatic nitrogens is 1. The monoisotopic (exact) mass is 423 g/mol. The topological polar surface area (TPSA) is 12.9 Å². The first-order valence-electron chi connectivity index (χ1n) is 6.30. The largest absolute Gasteiger partial charge is 0.266 e. The van der Waals surface area contributed by atoms with E-state index in [9.17, 15) is 0 Å². The van der Waals surface area contributed by atoms with Crippen LogP contribution in [0.2, 0.25) is 0 Å². The van der Waals surface area contributed by atoms with Gasteiger partial charge in [0.15, 0.2) is 0 Å². The van der Waals surface area contributed by atoms with Crippen LogP contribution in [0.5, 0.6) is 0 Å². The third-order valence-electron chi connectivity index (χ3n) is 3.72. The quantitative estimate of drug-likeness (QED) is 0.503. The van der Waals surface area contributed by atoms with Crippen molar-refractivity contribution in [1.82, 2.24) is 4.98 Å².